The monoisotopic (exact) mass is 335 g/mol. The van der Waals surface area contributed by atoms with Crippen LogP contribution in [-0.4, -0.2) is 13.0 Å². The number of rotatable bonds is 3. The zero-order chi connectivity index (χ0) is 14.3. The minimum absolute atomic E-state index is 0.203. The molecular formula is C17H22BrNO. The fourth-order valence-electron chi connectivity index (χ4n) is 3.87. The Morgan fingerprint density at radius 1 is 1.35 bits per heavy atom. The molecule has 0 aromatic heterocycles. The summed E-state index contributed by atoms with van der Waals surface area (Å²) in [6.45, 7) is 2.31. The first-order chi connectivity index (χ1) is 9.57. The van der Waals surface area contributed by atoms with Crippen LogP contribution >= 0.6 is 15.9 Å². The number of hydrogen-bond acceptors (Lipinski definition) is 1. The van der Waals surface area contributed by atoms with Crippen LogP contribution in [0.1, 0.15) is 55.0 Å². The minimum atomic E-state index is 0.203. The highest BCUT2D eigenvalue weighted by molar-refractivity contribution is 9.09. The maximum atomic E-state index is 11.8. The summed E-state index contributed by atoms with van der Waals surface area (Å²) in [6.07, 6.45) is 7.10. The van der Waals surface area contributed by atoms with Gasteiger partial charge in [-0.1, -0.05) is 47.8 Å². The summed E-state index contributed by atoms with van der Waals surface area (Å²) in [6, 6.07) is 6.55. The third kappa shape index (κ3) is 2.11. The van der Waals surface area contributed by atoms with E-state index in [2.05, 4.69) is 41.1 Å². The molecule has 1 fully saturated rings. The summed E-state index contributed by atoms with van der Waals surface area (Å²) >= 11 is 3.97. The van der Waals surface area contributed by atoms with Crippen molar-refractivity contribution in [1.29, 1.82) is 0 Å². The molecule has 1 aromatic rings. The number of carbonyl (C=O) groups is 1. The number of halogens is 1. The summed E-state index contributed by atoms with van der Waals surface area (Å²) in [4.78, 5) is 14.0. The molecule has 20 heavy (non-hydrogen) atoms. The summed E-state index contributed by atoms with van der Waals surface area (Å²) in [5.74, 6) is 0.203. The first-order valence-electron chi connectivity index (χ1n) is 7.61. The fourth-order valence-corrected chi connectivity index (χ4v) is 4.93. The standard InChI is InChI=1S/C17H22BrNO/c1-3-17(8-4-5-9-17)16(18)12-6-7-14-13(10-12)11-15(20)19(14)2/h6-7,10,16H,3-5,8-9,11H2,1-2H3. The van der Waals surface area contributed by atoms with Gasteiger partial charge in [0, 0.05) is 17.6 Å². The zero-order valence-electron chi connectivity index (χ0n) is 12.3. The number of carbonyl (C=O) groups excluding carboxylic acids is 1. The Labute approximate surface area is 129 Å². The van der Waals surface area contributed by atoms with E-state index in [-0.39, 0.29) is 5.91 Å². The molecule has 2 nitrogen and oxygen atoms in total. The van der Waals surface area contributed by atoms with Crippen LogP contribution < -0.4 is 4.90 Å². The first kappa shape index (κ1) is 14.1. The Bertz CT molecular complexity index is 534. The lowest BCUT2D eigenvalue weighted by Gasteiger charge is -2.33. The molecule has 3 rings (SSSR count). The van der Waals surface area contributed by atoms with Crippen LogP contribution in [0.3, 0.4) is 0 Å². The van der Waals surface area contributed by atoms with Gasteiger partial charge in [0.15, 0.2) is 0 Å². The third-order valence-corrected chi connectivity index (χ3v) is 6.81. The van der Waals surface area contributed by atoms with Gasteiger partial charge in [-0.15, -0.1) is 0 Å². The summed E-state index contributed by atoms with van der Waals surface area (Å²) in [5.41, 5.74) is 4.01. The van der Waals surface area contributed by atoms with Crippen LogP contribution in [0.4, 0.5) is 5.69 Å². The number of fused-ring (bicyclic) bond motifs is 1. The maximum absolute atomic E-state index is 11.8. The van der Waals surface area contributed by atoms with E-state index in [1.807, 2.05) is 7.05 Å². The second-order valence-electron chi connectivity index (χ2n) is 6.30. The summed E-state index contributed by atoms with van der Waals surface area (Å²) in [5, 5.41) is 0. The number of nitrogens with zero attached hydrogens (tertiary/aromatic N) is 1. The van der Waals surface area contributed by atoms with Gasteiger partial charge >= 0.3 is 0 Å². The fraction of sp³-hybridized carbons (Fsp3) is 0.588. The molecule has 0 saturated heterocycles. The van der Waals surface area contributed by atoms with Gasteiger partial charge in [0.1, 0.15) is 0 Å². The van der Waals surface area contributed by atoms with Gasteiger partial charge in [-0.3, -0.25) is 4.79 Å². The Kier molecular flexibility index (Phi) is 3.65. The molecule has 1 saturated carbocycles. The van der Waals surface area contributed by atoms with Gasteiger partial charge < -0.3 is 4.90 Å². The molecule has 0 bridgehead atoms. The SMILES string of the molecule is CCC1(C(Br)c2ccc3c(c2)CC(=O)N3C)CCCC1. The van der Waals surface area contributed by atoms with Crippen molar-refractivity contribution in [3.63, 3.8) is 0 Å². The summed E-state index contributed by atoms with van der Waals surface area (Å²) in [7, 11) is 1.87. The first-order valence-corrected chi connectivity index (χ1v) is 8.52. The topological polar surface area (TPSA) is 20.3 Å². The molecule has 2 aliphatic rings. The number of hydrogen-bond donors (Lipinski definition) is 0. The quantitative estimate of drug-likeness (QED) is 0.738. The predicted molar refractivity (Wildman–Crippen MR) is 86.4 cm³/mol. The lowest BCUT2D eigenvalue weighted by molar-refractivity contribution is -0.117. The number of alkyl halides is 1. The molecule has 0 N–H and O–H groups in total. The maximum Gasteiger partial charge on any atom is 0.231 e. The van der Waals surface area contributed by atoms with Crippen LogP contribution in [0.15, 0.2) is 18.2 Å². The molecule has 1 heterocycles. The zero-order valence-corrected chi connectivity index (χ0v) is 13.9. The second-order valence-corrected chi connectivity index (χ2v) is 7.22. The van der Waals surface area contributed by atoms with E-state index in [9.17, 15) is 4.79 Å². The van der Waals surface area contributed by atoms with Gasteiger partial charge in [-0.2, -0.15) is 0 Å². The van der Waals surface area contributed by atoms with Crippen LogP contribution in [0, 0.1) is 5.41 Å². The normalized spacial score (nSPS) is 22.1. The number of likely N-dealkylation sites (N-methyl/N-ethyl adjacent to an activating group) is 1. The van der Waals surface area contributed by atoms with Crippen LogP contribution in [0.25, 0.3) is 0 Å². The van der Waals surface area contributed by atoms with Crippen molar-refractivity contribution in [3.8, 4) is 0 Å². The summed E-state index contributed by atoms with van der Waals surface area (Å²) < 4.78 is 0. The lowest BCUT2D eigenvalue weighted by atomic mass is 9.77. The smallest absolute Gasteiger partial charge is 0.231 e. The second kappa shape index (κ2) is 5.18. The minimum Gasteiger partial charge on any atom is -0.315 e. The van der Waals surface area contributed by atoms with Crippen LogP contribution in [-0.2, 0) is 11.2 Å². The van der Waals surface area contributed by atoms with Crippen molar-refractivity contribution in [3.05, 3.63) is 29.3 Å². The highest BCUT2D eigenvalue weighted by atomic mass is 79.9. The van der Waals surface area contributed by atoms with E-state index < -0.39 is 0 Å². The molecule has 0 spiro atoms. The predicted octanol–water partition coefficient (Wildman–Crippen LogP) is 4.61. The van der Waals surface area contributed by atoms with Crippen molar-refractivity contribution < 1.29 is 4.79 Å². The van der Waals surface area contributed by atoms with Crippen molar-refractivity contribution in [2.24, 2.45) is 5.41 Å². The molecule has 1 aliphatic carbocycles. The average Bonchev–Trinajstić information content (AvgIpc) is 3.05. The van der Waals surface area contributed by atoms with Gasteiger partial charge in [-0.25, -0.2) is 0 Å². The molecule has 1 amide bonds. The number of amides is 1. The molecule has 1 unspecified atom stereocenters. The highest BCUT2D eigenvalue weighted by Crippen LogP contribution is 2.54. The molecule has 108 valence electrons. The van der Waals surface area contributed by atoms with E-state index in [4.69, 9.17) is 0 Å². The van der Waals surface area contributed by atoms with E-state index in [1.165, 1.54) is 43.2 Å². The molecule has 3 heteroatoms. The average molecular weight is 336 g/mol. The van der Waals surface area contributed by atoms with Gasteiger partial charge in [0.25, 0.3) is 0 Å². The van der Waals surface area contributed by atoms with Gasteiger partial charge in [0.05, 0.1) is 6.42 Å². The van der Waals surface area contributed by atoms with Crippen molar-refractivity contribution in [1.82, 2.24) is 0 Å². The molecule has 1 aliphatic heterocycles. The Hall–Kier alpha value is -0.830. The molecule has 1 aromatic carbocycles. The molecule has 1 atom stereocenters. The Morgan fingerprint density at radius 3 is 2.70 bits per heavy atom. The highest BCUT2D eigenvalue weighted by Gasteiger charge is 2.39. The Morgan fingerprint density at radius 2 is 2.05 bits per heavy atom. The van der Waals surface area contributed by atoms with Gasteiger partial charge in [0.2, 0.25) is 5.91 Å². The van der Waals surface area contributed by atoms with E-state index in [0.717, 1.165) is 5.69 Å². The third-order valence-electron chi connectivity index (χ3n) is 5.31. The van der Waals surface area contributed by atoms with Crippen LogP contribution in [0.5, 0.6) is 0 Å². The largest absolute Gasteiger partial charge is 0.315 e. The van der Waals surface area contributed by atoms with Crippen molar-refractivity contribution in [2.45, 2.75) is 50.3 Å². The van der Waals surface area contributed by atoms with Crippen molar-refractivity contribution in [2.75, 3.05) is 11.9 Å². The van der Waals surface area contributed by atoms with Crippen LogP contribution in [0.2, 0.25) is 0 Å². The number of benzene rings is 1. The van der Waals surface area contributed by atoms with E-state index >= 15 is 0 Å². The van der Waals surface area contributed by atoms with Gasteiger partial charge in [-0.05, 0) is 41.9 Å². The molecular weight excluding hydrogens is 314 g/mol. The lowest BCUT2D eigenvalue weighted by Crippen LogP contribution is -2.21. The Balaban J connectivity index is 1.92. The van der Waals surface area contributed by atoms with E-state index in [0.29, 0.717) is 16.7 Å². The van der Waals surface area contributed by atoms with E-state index in [1.54, 1.807) is 4.90 Å². The number of anilines is 1. The molecule has 0 radical (unpaired) electrons. The van der Waals surface area contributed by atoms with Crippen molar-refractivity contribution >= 4 is 27.5 Å².